The summed E-state index contributed by atoms with van der Waals surface area (Å²) >= 11 is -0.560. The summed E-state index contributed by atoms with van der Waals surface area (Å²) in [4.78, 5) is 16.9. The fourth-order valence-electron chi connectivity index (χ4n) is 4.46. The molecule has 0 radical (unpaired) electrons. The zero-order valence-electron chi connectivity index (χ0n) is 22.4. The molecule has 0 unspecified atom stereocenters. The average Bonchev–Trinajstić information content (AvgIpc) is 3.26. The quantitative estimate of drug-likeness (QED) is 0.236. The molecule has 2 N–H and O–H groups in total. The molecule has 0 spiro atoms. The van der Waals surface area contributed by atoms with Crippen molar-refractivity contribution in [1.82, 2.24) is 19.6 Å². The highest BCUT2D eigenvalue weighted by molar-refractivity contribution is 14.2. The molecule has 0 bridgehead atoms. The third kappa shape index (κ3) is 6.45. The summed E-state index contributed by atoms with van der Waals surface area (Å²) in [5.41, 5.74) is 2.08. The Morgan fingerprint density at radius 3 is 2.50 bits per heavy atom. The summed E-state index contributed by atoms with van der Waals surface area (Å²) in [5.74, 6) is 8.47. The molecule has 4 rings (SSSR count). The number of nitrogens with zero attached hydrogens (tertiary/aromatic N) is 4. The summed E-state index contributed by atoms with van der Waals surface area (Å²) in [6.45, 7) is 8.39. The lowest BCUT2D eigenvalue weighted by atomic mass is 10.1. The molecule has 0 atom stereocenters. The smallest absolute Gasteiger partial charge is 0.246 e. The third-order valence-electron chi connectivity index (χ3n) is 6.39. The number of hydrogen-bond acceptors (Lipinski definition) is 7. The molecule has 2 aliphatic heterocycles. The Morgan fingerprint density at radius 1 is 1.18 bits per heavy atom. The second-order valence-corrected chi connectivity index (χ2v) is 11.5. The van der Waals surface area contributed by atoms with Crippen LogP contribution in [0, 0.1) is 17.3 Å². The molecule has 1 amide bonds. The molecule has 202 valence electrons. The molecule has 3 heterocycles. The van der Waals surface area contributed by atoms with Crippen molar-refractivity contribution in [3.63, 3.8) is 0 Å². The van der Waals surface area contributed by atoms with Gasteiger partial charge in [0.2, 0.25) is 5.91 Å². The van der Waals surface area contributed by atoms with Crippen LogP contribution in [0.25, 0.3) is 0 Å². The van der Waals surface area contributed by atoms with E-state index in [1.54, 1.807) is 26.4 Å². The number of benzene rings is 1. The van der Waals surface area contributed by atoms with Crippen LogP contribution in [0.4, 0.5) is 5.82 Å². The summed E-state index contributed by atoms with van der Waals surface area (Å²) in [6, 6.07) is 5.52. The van der Waals surface area contributed by atoms with Crippen molar-refractivity contribution in [2.24, 2.45) is 0 Å². The first-order chi connectivity index (χ1) is 18.5. The molecule has 10 heteroatoms. The normalized spacial score (nSPS) is 14.9. The standard InChI is InChI=1S/C28H35IN6O3/c1-5-11-33(12-6-2)13-7-8-25(36)34-17-21(18-34)35-28-26(27(30)29-19-31-28)24(32-35)10-9-20-14-22(37-3)16-23(15-20)38-4/h7-8,14-16,19,21,30-31H,5-6,11-13,17-18H2,1-4H3/b8-7+,30-27?. The fraction of sp³-hybridized carbons (Fsp3) is 0.429. The number of likely N-dealkylation sites (tertiary alicyclic amines) is 1. The topological polar surface area (TPSA) is 95.7 Å². The van der Waals surface area contributed by atoms with Crippen molar-refractivity contribution < 1.29 is 14.3 Å². The lowest BCUT2D eigenvalue weighted by Crippen LogP contribution is -2.50. The molecule has 1 fully saturated rings. The van der Waals surface area contributed by atoms with E-state index in [0.29, 0.717) is 34.0 Å². The van der Waals surface area contributed by atoms with E-state index in [4.69, 9.17) is 20.0 Å². The monoisotopic (exact) mass is 630 g/mol. The van der Waals surface area contributed by atoms with Crippen LogP contribution in [-0.4, -0.2) is 80.3 Å². The third-order valence-corrected chi connectivity index (χ3v) is 8.17. The number of halogens is 1. The molecule has 1 saturated heterocycles. The fourth-order valence-corrected chi connectivity index (χ4v) is 6.04. The van der Waals surface area contributed by atoms with E-state index in [1.807, 2.05) is 31.9 Å². The lowest BCUT2D eigenvalue weighted by Gasteiger charge is -2.39. The van der Waals surface area contributed by atoms with Gasteiger partial charge in [0, 0.05) is 41.5 Å². The highest BCUT2D eigenvalue weighted by Crippen LogP contribution is 2.33. The molecule has 0 aliphatic carbocycles. The Bertz CT molecular complexity index is 1270. The Hall–Kier alpha value is -3.17. The van der Waals surface area contributed by atoms with Crippen molar-refractivity contribution in [3.05, 3.63) is 47.2 Å². The first kappa shape index (κ1) is 27.9. The first-order valence-electron chi connectivity index (χ1n) is 12.8. The SMILES string of the molecule is CCCN(C/C=C/C(=O)N1CC(n2nc(C#Cc3cc(OC)cc(OC)c3)c3c2NC=IC3=N)C1)CCC. The maximum absolute atomic E-state index is 12.7. The predicted molar refractivity (Wildman–Crippen MR) is 160 cm³/mol. The number of fused-ring (bicyclic) bond motifs is 1. The molecule has 1 aromatic heterocycles. The van der Waals surface area contributed by atoms with Crippen molar-refractivity contribution >= 4 is 40.3 Å². The van der Waals surface area contributed by atoms with Crippen LogP contribution in [0.2, 0.25) is 0 Å². The number of carbonyl (C=O) groups is 1. The lowest BCUT2D eigenvalue weighted by molar-refractivity contribution is -0.131. The van der Waals surface area contributed by atoms with Gasteiger partial charge in [0.05, 0.1) is 25.8 Å². The van der Waals surface area contributed by atoms with E-state index in [2.05, 4.69) is 35.9 Å². The molecule has 2 aromatic rings. The molecule has 2 aliphatic rings. The van der Waals surface area contributed by atoms with Gasteiger partial charge >= 0.3 is 0 Å². The number of rotatable bonds is 10. The van der Waals surface area contributed by atoms with Gasteiger partial charge in [0.25, 0.3) is 0 Å². The largest absolute Gasteiger partial charge is 0.497 e. The van der Waals surface area contributed by atoms with Gasteiger partial charge < -0.3 is 19.7 Å². The molecular formula is C28H35IN6O3. The van der Waals surface area contributed by atoms with Crippen LogP contribution in [-0.2, 0) is 4.79 Å². The minimum absolute atomic E-state index is 0.0281. The number of carbonyl (C=O) groups excluding carboxylic acids is 1. The van der Waals surface area contributed by atoms with Gasteiger partial charge in [-0.25, -0.2) is 4.68 Å². The van der Waals surface area contributed by atoms with Gasteiger partial charge in [-0.15, -0.1) is 0 Å². The predicted octanol–water partition coefficient (Wildman–Crippen LogP) is 3.84. The van der Waals surface area contributed by atoms with Gasteiger partial charge in [-0.1, -0.05) is 25.8 Å². The number of ether oxygens (including phenoxy) is 2. The zero-order chi connectivity index (χ0) is 27.1. The molecule has 38 heavy (non-hydrogen) atoms. The van der Waals surface area contributed by atoms with Crippen molar-refractivity contribution in [1.29, 1.82) is 5.41 Å². The van der Waals surface area contributed by atoms with Gasteiger partial charge in [0.1, 0.15) is 26.7 Å². The second-order valence-electron chi connectivity index (χ2n) is 9.14. The van der Waals surface area contributed by atoms with Crippen LogP contribution in [0.15, 0.2) is 30.4 Å². The van der Waals surface area contributed by atoms with E-state index in [9.17, 15) is 4.79 Å². The van der Waals surface area contributed by atoms with Crippen molar-refractivity contribution in [3.8, 4) is 23.3 Å². The molecule has 9 nitrogen and oxygen atoms in total. The van der Waals surface area contributed by atoms with Crippen LogP contribution in [0.1, 0.15) is 49.6 Å². The maximum atomic E-state index is 12.7. The minimum Gasteiger partial charge on any atom is -0.497 e. The number of anilines is 1. The van der Waals surface area contributed by atoms with E-state index < -0.39 is 20.7 Å². The van der Waals surface area contributed by atoms with Gasteiger partial charge in [-0.2, -0.15) is 5.10 Å². The maximum Gasteiger partial charge on any atom is 0.246 e. The molecular weight excluding hydrogens is 595 g/mol. The number of methoxy groups -OCH3 is 2. The van der Waals surface area contributed by atoms with Crippen LogP contribution in [0.3, 0.4) is 0 Å². The number of amides is 1. The minimum atomic E-state index is -0.560. The van der Waals surface area contributed by atoms with Crippen LogP contribution < -0.4 is 14.8 Å². The summed E-state index contributed by atoms with van der Waals surface area (Å²) < 4.78 is 15.1. The Kier molecular flexibility index (Phi) is 9.58. The summed E-state index contributed by atoms with van der Waals surface area (Å²) in [5, 5.41) is 16.7. The van der Waals surface area contributed by atoms with E-state index in [0.717, 1.165) is 49.4 Å². The Labute approximate surface area is 234 Å². The van der Waals surface area contributed by atoms with E-state index in [1.165, 1.54) is 0 Å². The van der Waals surface area contributed by atoms with Crippen molar-refractivity contribution in [2.45, 2.75) is 32.7 Å². The summed E-state index contributed by atoms with van der Waals surface area (Å²) in [7, 11) is 3.21. The second kappa shape index (κ2) is 13.1. The van der Waals surface area contributed by atoms with Gasteiger partial charge in [-0.05, 0) is 64.7 Å². The van der Waals surface area contributed by atoms with Gasteiger partial charge in [-0.3, -0.25) is 15.1 Å². The Balaban J connectivity index is 1.48. The van der Waals surface area contributed by atoms with Crippen molar-refractivity contribution in [2.75, 3.05) is 52.3 Å². The van der Waals surface area contributed by atoms with Crippen LogP contribution >= 0.6 is 20.7 Å². The average molecular weight is 631 g/mol. The van der Waals surface area contributed by atoms with E-state index >= 15 is 0 Å². The first-order valence-corrected chi connectivity index (χ1v) is 15.2. The van der Waals surface area contributed by atoms with Gasteiger partial charge in [0.15, 0.2) is 0 Å². The number of aromatic nitrogens is 2. The zero-order valence-corrected chi connectivity index (χ0v) is 24.5. The highest BCUT2D eigenvalue weighted by Gasteiger charge is 2.35. The number of hydrogen-bond donors (Lipinski definition) is 2. The number of nitrogens with one attached hydrogen (secondary N) is 2. The molecule has 1 aromatic carbocycles. The van der Waals surface area contributed by atoms with Crippen LogP contribution in [0.5, 0.6) is 11.5 Å². The molecule has 0 saturated carbocycles. The Morgan fingerprint density at radius 2 is 1.87 bits per heavy atom. The highest BCUT2D eigenvalue weighted by atomic mass is 127. The van der Waals surface area contributed by atoms with E-state index in [-0.39, 0.29) is 11.9 Å². The summed E-state index contributed by atoms with van der Waals surface area (Å²) in [6.07, 6.45) is 5.88.